The van der Waals surface area contributed by atoms with Crippen LogP contribution in [0, 0.1) is 0 Å². The van der Waals surface area contributed by atoms with Crippen LogP contribution in [-0.2, 0) is 4.79 Å². The van der Waals surface area contributed by atoms with Crippen LogP contribution in [0.2, 0.25) is 10.0 Å². The van der Waals surface area contributed by atoms with Gasteiger partial charge in [-0.05, 0) is 37.3 Å². The number of rotatable bonds is 2. The van der Waals surface area contributed by atoms with Gasteiger partial charge >= 0.3 is 0 Å². The Morgan fingerprint density at radius 3 is 2.58 bits per heavy atom. The first-order chi connectivity index (χ1) is 11.3. The first kappa shape index (κ1) is 17.0. The molecule has 1 heterocycles. The van der Waals surface area contributed by atoms with E-state index < -0.39 is 0 Å². The normalized spacial score (nSPS) is 16.3. The molecule has 0 saturated carbocycles. The van der Waals surface area contributed by atoms with Gasteiger partial charge in [-0.15, -0.1) is 11.8 Å². The summed E-state index contributed by atoms with van der Waals surface area (Å²) in [5.74, 6) is -0.422. The molecule has 1 aliphatic heterocycles. The second-order valence-electron chi connectivity index (χ2n) is 5.27. The Morgan fingerprint density at radius 1 is 1.25 bits per heavy atom. The number of nitrogens with one attached hydrogen (secondary N) is 2. The summed E-state index contributed by atoms with van der Waals surface area (Å²) in [6.45, 7) is 1.83. The lowest BCUT2D eigenvalue weighted by Gasteiger charge is -2.21. The third kappa shape index (κ3) is 3.31. The third-order valence-electron chi connectivity index (χ3n) is 3.51. The molecule has 1 unspecified atom stereocenters. The summed E-state index contributed by atoms with van der Waals surface area (Å²) in [4.78, 5) is 25.1. The Bertz CT molecular complexity index is 834. The van der Waals surface area contributed by atoms with E-state index in [1.807, 2.05) is 13.0 Å². The lowest BCUT2D eigenvalue weighted by molar-refractivity contribution is -0.115. The molecule has 5 nitrogen and oxygen atoms in total. The number of nitrogen functional groups attached to an aromatic ring is 1. The summed E-state index contributed by atoms with van der Waals surface area (Å²) < 4.78 is 0. The molecule has 2 aromatic carbocycles. The van der Waals surface area contributed by atoms with E-state index in [-0.39, 0.29) is 32.8 Å². The van der Waals surface area contributed by atoms with E-state index in [9.17, 15) is 9.59 Å². The van der Waals surface area contributed by atoms with Crippen LogP contribution in [-0.4, -0.2) is 17.1 Å². The summed E-state index contributed by atoms with van der Waals surface area (Å²) in [5.41, 5.74) is 7.42. The minimum Gasteiger partial charge on any atom is -0.396 e. The largest absolute Gasteiger partial charge is 0.396 e. The van der Waals surface area contributed by atoms with Gasteiger partial charge in [-0.1, -0.05) is 23.2 Å². The van der Waals surface area contributed by atoms with E-state index in [1.54, 1.807) is 12.1 Å². The molecule has 3 rings (SSSR count). The average molecular weight is 382 g/mol. The van der Waals surface area contributed by atoms with Gasteiger partial charge in [0.1, 0.15) is 0 Å². The second-order valence-corrected chi connectivity index (χ2v) is 7.46. The van der Waals surface area contributed by atoms with Crippen LogP contribution in [0.1, 0.15) is 17.3 Å². The first-order valence-electron chi connectivity index (χ1n) is 7.02. The van der Waals surface area contributed by atoms with Gasteiger partial charge in [-0.3, -0.25) is 9.59 Å². The van der Waals surface area contributed by atoms with Crippen molar-refractivity contribution >= 4 is 63.8 Å². The van der Waals surface area contributed by atoms with Gasteiger partial charge in [0.25, 0.3) is 5.91 Å². The van der Waals surface area contributed by atoms with Gasteiger partial charge in [-0.25, -0.2) is 0 Å². The van der Waals surface area contributed by atoms with E-state index in [1.165, 1.54) is 23.9 Å². The zero-order valence-electron chi connectivity index (χ0n) is 12.5. The molecule has 2 amide bonds. The van der Waals surface area contributed by atoms with Gasteiger partial charge in [0.15, 0.2) is 0 Å². The van der Waals surface area contributed by atoms with Gasteiger partial charge in [0.2, 0.25) is 5.91 Å². The van der Waals surface area contributed by atoms with E-state index in [2.05, 4.69) is 10.6 Å². The van der Waals surface area contributed by atoms with E-state index in [0.29, 0.717) is 16.9 Å². The highest BCUT2D eigenvalue weighted by atomic mass is 35.5. The van der Waals surface area contributed by atoms with Crippen LogP contribution < -0.4 is 16.4 Å². The molecular weight excluding hydrogens is 369 g/mol. The molecule has 2 aromatic rings. The Morgan fingerprint density at radius 2 is 1.92 bits per heavy atom. The number of amides is 2. The van der Waals surface area contributed by atoms with E-state index >= 15 is 0 Å². The van der Waals surface area contributed by atoms with Gasteiger partial charge in [-0.2, -0.15) is 0 Å². The van der Waals surface area contributed by atoms with Crippen molar-refractivity contribution in [1.82, 2.24) is 0 Å². The average Bonchev–Trinajstić information content (AvgIpc) is 2.53. The van der Waals surface area contributed by atoms with Crippen molar-refractivity contribution in [2.45, 2.75) is 17.1 Å². The lowest BCUT2D eigenvalue weighted by Crippen LogP contribution is -2.26. The molecule has 1 atom stereocenters. The molecule has 0 spiro atoms. The second kappa shape index (κ2) is 6.55. The summed E-state index contributed by atoms with van der Waals surface area (Å²) in [5, 5.41) is 5.88. The highest BCUT2D eigenvalue weighted by Crippen LogP contribution is 2.36. The summed E-state index contributed by atoms with van der Waals surface area (Å²) in [6, 6.07) is 8.21. The zero-order valence-corrected chi connectivity index (χ0v) is 14.9. The number of anilines is 3. The fourth-order valence-electron chi connectivity index (χ4n) is 2.21. The fourth-order valence-corrected chi connectivity index (χ4v) is 3.63. The maximum absolute atomic E-state index is 12.4. The molecule has 0 fully saturated rings. The number of carbonyl (C=O) groups excluding carboxylic acids is 2. The molecule has 4 N–H and O–H groups in total. The molecule has 0 aromatic heterocycles. The maximum Gasteiger partial charge on any atom is 0.255 e. The topological polar surface area (TPSA) is 84.2 Å². The number of halogens is 2. The van der Waals surface area contributed by atoms with Gasteiger partial charge in [0, 0.05) is 16.1 Å². The Labute approximate surface area is 152 Å². The number of nitrogens with two attached hydrogens (primary N) is 1. The number of benzene rings is 2. The third-order valence-corrected chi connectivity index (χ3v) is 5.31. The van der Waals surface area contributed by atoms with Crippen LogP contribution >= 0.6 is 35.0 Å². The molecule has 1 aliphatic rings. The monoisotopic (exact) mass is 381 g/mol. The lowest BCUT2D eigenvalue weighted by atomic mass is 10.1. The number of thioether (sulfide) groups is 1. The van der Waals surface area contributed by atoms with Crippen LogP contribution in [0.3, 0.4) is 0 Å². The van der Waals surface area contributed by atoms with Crippen LogP contribution in [0.4, 0.5) is 17.1 Å². The summed E-state index contributed by atoms with van der Waals surface area (Å²) in [6.07, 6.45) is 0. The standard InChI is InChI=1S/C16H13Cl2N3O2S/c1-7-15(22)21-12-4-8(2-3-13(12)24-7)16(23)20-9-5-10(17)14(19)11(18)6-9/h2-7H,19H2,1H3,(H,20,23)(H,21,22). The number of fused-ring (bicyclic) bond motifs is 1. The smallest absolute Gasteiger partial charge is 0.255 e. The highest BCUT2D eigenvalue weighted by Gasteiger charge is 2.23. The predicted molar refractivity (Wildman–Crippen MR) is 99.2 cm³/mol. The minimum atomic E-state index is -0.340. The summed E-state index contributed by atoms with van der Waals surface area (Å²) in [7, 11) is 0. The van der Waals surface area contributed by atoms with Crippen molar-refractivity contribution in [3.63, 3.8) is 0 Å². The first-order valence-corrected chi connectivity index (χ1v) is 8.66. The Balaban J connectivity index is 1.84. The fraction of sp³-hybridized carbons (Fsp3) is 0.125. The quantitative estimate of drug-likeness (QED) is 0.678. The molecule has 24 heavy (non-hydrogen) atoms. The molecule has 0 saturated heterocycles. The van der Waals surface area contributed by atoms with Crippen molar-refractivity contribution in [2.24, 2.45) is 0 Å². The van der Waals surface area contributed by atoms with Crippen molar-refractivity contribution in [2.75, 3.05) is 16.4 Å². The molecule has 8 heteroatoms. The van der Waals surface area contributed by atoms with Crippen LogP contribution in [0.5, 0.6) is 0 Å². The number of hydrogen-bond acceptors (Lipinski definition) is 4. The zero-order chi connectivity index (χ0) is 17.4. The van der Waals surface area contributed by atoms with E-state index in [4.69, 9.17) is 28.9 Å². The van der Waals surface area contributed by atoms with Crippen molar-refractivity contribution < 1.29 is 9.59 Å². The van der Waals surface area contributed by atoms with Crippen molar-refractivity contribution in [1.29, 1.82) is 0 Å². The van der Waals surface area contributed by atoms with Crippen molar-refractivity contribution in [3.05, 3.63) is 45.9 Å². The van der Waals surface area contributed by atoms with E-state index in [0.717, 1.165) is 4.90 Å². The minimum absolute atomic E-state index is 0.0813. The predicted octanol–water partition coefficient (Wildman–Crippen LogP) is 4.26. The molecule has 124 valence electrons. The molecular formula is C16H13Cl2N3O2S. The maximum atomic E-state index is 12.4. The highest BCUT2D eigenvalue weighted by molar-refractivity contribution is 8.00. The number of carbonyl (C=O) groups is 2. The van der Waals surface area contributed by atoms with Crippen LogP contribution in [0.15, 0.2) is 35.2 Å². The van der Waals surface area contributed by atoms with Gasteiger partial charge < -0.3 is 16.4 Å². The Hall–Kier alpha value is -1.89. The SMILES string of the molecule is CC1Sc2ccc(C(=O)Nc3cc(Cl)c(N)c(Cl)c3)cc2NC1=O. The molecule has 0 bridgehead atoms. The molecule has 0 radical (unpaired) electrons. The number of hydrogen-bond donors (Lipinski definition) is 3. The van der Waals surface area contributed by atoms with Crippen molar-refractivity contribution in [3.8, 4) is 0 Å². The summed E-state index contributed by atoms with van der Waals surface area (Å²) >= 11 is 13.4. The molecule has 0 aliphatic carbocycles. The Kier molecular flexibility index (Phi) is 4.62. The van der Waals surface area contributed by atoms with Gasteiger partial charge in [0.05, 0.1) is 26.7 Å². The van der Waals surface area contributed by atoms with Crippen LogP contribution in [0.25, 0.3) is 0 Å².